The summed E-state index contributed by atoms with van der Waals surface area (Å²) >= 11 is 0. The van der Waals surface area contributed by atoms with Crippen LogP contribution in [0.3, 0.4) is 0 Å². The standard InChI is InChI=1S/C28H25N3O2/c1-17-9-11-23(13-18(17)2)31-19(3)14-22(20(31)4)16-29-30-28(32)27-15-25-24-8-6-5-7-21(24)10-12-26(25)33-27/h5-16H,1-4H3,(H,30,32)/b29-16-. The average molecular weight is 436 g/mol. The van der Waals surface area contributed by atoms with Crippen LogP contribution in [0.5, 0.6) is 0 Å². The summed E-state index contributed by atoms with van der Waals surface area (Å²) in [4.78, 5) is 12.7. The van der Waals surface area contributed by atoms with Gasteiger partial charge in [-0.1, -0.05) is 36.4 Å². The Morgan fingerprint density at radius 2 is 1.73 bits per heavy atom. The van der Waals surface area contributed by atoms with Gasteiger partial charge in [0.25, 0.3) is 0 Å². The smallest absolute Gasteiger partial charge is 0.307 e. The maximum Gasteiger partial charge on any atom is 0.307 e. The molecule has 0 unspecified atom stereocenters. The number of furan rings is 1. The highest BCUT2D eigenvalue weighted by Crippen LogP contribution is 2.28. The predicted molar refractivity (Wildman–Crippen MR) is 133 cm³/mol. The van der Waals surface area contributed by atoms with Crippen LogP contribution in [0, 0.1) is 27.7 Å². The summed E-state index contributed by atoms with van der Waals surface area (Å²) in [6.45, 7) is 8.35. The number of carbonyl (C=O) groups is 1. The largest absolute Gasteiger partial charge is 0.451 e. The number of carbonyl (C=O) groups excluding carboxylic acids is 1. The van der Waals surface area contributed by atoms with E-state index in [1.54, 1.807) is 12.3 Å². The molecule has 0 bridgehead atoms. The molecule has 0 spiro atoms. The Hall–Kier alpha value is -4.12. The first kappa shape index (κ1) is 20.8. The maximum absolute atomic E-state index is 12.7. The van der Waals surface area contributed by atoms with Gasteiger partial charge in [-0.15, -0.1) is 0 Å². The van der Waals surface area contributed by atoms with E-state index in [-0.39, 0.29) is 11.7 Å². The maximum atomic E-state index is 12.7. The van der Waals surface area contributed by atoms with Gasteiger partial charge in [-0.05, 0) is 79.9 Å². The second kappa shape index (κ2) is 8.10. The third-order valence-corrected chi connectivity index (χ3v) is 6.24. The van der Waals surface area contributed by atoms with Gasteiger partial charge in [-0.3, -0.25) is 4.79 Å². The minimum absolute atomic E-state index is 0.235. The van der Waals surface area contributed by atoms with Gasteiger partial charge in [0.1, 0.15) is 5.58 Å². The van der Waals surface area contributed by atoms with E-state index >= 15 is 0 Å². The molecule has 5 aromatic rings. The molecule has 0 atom stereocenters. The van der Waals surface area contributed by atoms with Gasteiger partial charge >= 0.3 is 5.91 Å². The summed E-state index contributed by atoms with van der Waals surface area (Å²) in [6.07, 6.45) is 1.68. The third-order valence-electron chi connectivity index (χ3n) is 6.24. The van der Waals surface area contributed by atoms with Crippen LogP contribution in [0.15, 0.2) is 76.2 Å². The lowest BCUT2D eigenvalue weighted by molar-refractivity contribution is 0.0929. The van der Waals surface area contributed by atoms with E-state index in [0.29, 0.717) is 5.58 Å². The molecule has 33 heavy (non-hydrogen) atoms. The zero-order valence-electron chi connectivity index (χ0n) is 19.1. The van der Waals surface area contributed by atoms with Crippen LogP contribution in [0.25, 0.3) is 27.4 Å². The molecule has 0 aliphatic carbocycles. The minimum Gasteiger partial charge on any atom is -0.451 e. The molecule has 1 N–H and O–H groups in total. The molecule has 0 aliphatic rings. The number of nitrogens with one attached hydrogen (secondary N) is 1. The van der Waals surface area contributed by atoms with Gasteiger partial charge in [-0.25, -0.2) is 5.43 Å². The SMILES string of the molecule is Cc1ccc(-n2c(C)cc(/C=N\NC(=O)c3cc4c(ccc5ccccc54)o3)c2C)cc1C. The van der Waals surface area contributed by atoms with Gasteiger partial charge in [0.2, 0.25) is 0 Å². The Bertz CT molecular complexity index is 1550. The van der Waals surface area contributed by atoms with Crippen molar-refractivity contribution in [3.8, 4) is 5.69 Å². The molecule has 0 saturated carbocycles. The van der Waals surface area contributed by atoms with Crippen LogP contribution >= 0.6 is 0 Å². The number of rotatable bonds is 4. The van der Waals surface area contributed by atoms with Gasteiger partial charge in [0, 0.05) is 28.0 Å². The Kier molecular flexibility index (Phi) is 5.09. The number of amides is 1. The van der Waals surface area contributed by atoms with Crippen LogP contribution in [-0.4, -0.2) is 16.7 Å². The van der Waals surface area contributed by atoms with Crippen molar-refractivity contribution in [1.82, 2.24) is 9.99 Å². The fourth-order valence-corrected chi connectivity index (χ4v) is 4.30. The molecule has 164 valence electrons. The quantitative estimate of drug-likeness (QED) is 0.263. The number of hydrogen-bond donors (Lipinski definition) is 1. The molecule has 2 aromatic heterocycles. The van der Waals surface area contributed by atoms with Crippen LogP contribution in [-0.2, 0) is 0 Å². The van der Waals surface area contributed by atoms with Crippen molar-refractivity contribution in [2.24, 2.45) is 5.10 Å². The topological polar surface area (TPSA) is 59.5 Å². The molecule has 0 aliphatic heterocycles. The van der Waals surface area contributed by atoms with E-state index in [1.807, 2.05) is 36.4 Å². The van der Waals surface area contributed by atoms with E-state index < -0.39 is 0 Å². The lowest BCUT2D eigenvalue weighted by Crippen LogP contribution is -2.16. The first-order valence-electron chi connectivity index (χ1n) is 10.9. The number of benzene rings is 3. The van der Waals surface area contributed by atoms with E-state index in [4.69, 9.17) is 4.42 Å². The number of aryl methyl sites for hydroxylation is 3. The Morgan fingerprint density at radius 3 is 2.55 bits per heavy atom. The monoisotopic (exact) mass is 435 g/mol. The summed E-state index contributed by atoms with van der Waals surface area (Å²) in [5, 5.41) is 7.27. The van der Waals surface area contributed by atoms with Crippen molar-refractivity contribution in [2.45, 2.75) is 27.7 Å². The third kappa shape index (κ3) is 3.72. The molecule has 5 heteroatoms. The lowest BCUT2D eigenvalue weighted by Gasteiger charge is -2.11. The van der Waals surface area contributed by atoms with Gasteiger partial charge in [0.05, 0.1) is 6.21 Å². The average Bonchev–Trinajstić information content (AvgIpc) is 3.37. The zero-order chi connectivity index (χ0) is 23.1. The lowest BCUT2D eigenvalue weighted by atomic mass is 10.1. The summed E-state index contributed by atoms with van der Waals surface area (Å²) in [7, 11) is 0. The zero-order valence-corrected chi connectivity index (χ0v) is 19.1. The molecule has 2 heterocycles. The number of aromatic nitrogens is 1. The van der Waals surface area contributed by atoms with E-state index in [0.717, 1.165) is 38.8 Å². The molecular formula is C28H25N3O2. The van der Waals surface area contributed by atoms with Gasteiger partial charge < -0.3 is 8.98 Å². The number of nitrogens with zero attached hydrogens (tertiary/aromatic N) is 2. The number of hydrogen-bond acceptors (Lipinski definition) is 3. The van der Waals surface area contributed by atoms with Crippen molar-refractivity contribution >= 4 is 33.9 Å². The number of fused-ring (bicyclic) bond motifs is 3. The highest BCUT2D eigenvalue weighted by molar-refractivity contribution is 6.08. The van der Waals surface area contributed by atoms with Crippen LogP contribution in [0.2, 0.25) is 0 Å². The van der Waals surface area contributed by atoms with Crippen LogP contribution in [0.1, 0.15) is 38.6 Å². The Labute approximate surface area is 192 Å². The summed E-state index contributed by atoms with van der Waals surface area (Å²) < 4.78 is 7.97. The van der Waals surface area contributed by atoms with Crippen molar-refractivity contribution in [2.75, 3.05) is 0 Å². The van der Waals surface area contributed by atoms with Gasteiger partial charge in [-0.2, -0.15) is 5.10 Å². The first-order chi connectivity index (χ1) is 15.9. The summed E-state index contributed by atoms with van der Waals surface area (Å²) in [6, 6.07) is 22.2. The van der Waals surface area contributed by atoms with Gasteiger partial charge in [0.15, 0.2) is 5.76 Å². The molecule has 0 saturated heterocycles. The van der Waals surface area contributed by atoms with E-state index in [1.165, 1.54) is 11.1 Å². The predicted octanol–water partition coefficient (Wildman–Crippen LogP) is 6.37. The van der Waals surface area contributed by atoms with E-state index in [2.05, 4.69) is 67.1 Å². The van der Waals surface area contributed by atoms with Crippen molar-refractivity contribution in [3.05, 3.63) is 101 Å². The molecule has 3 aromatic carbocycles. The fraction of sp³-hybridized carbons (Fsp3) is 0.143. The van der Waals surface area contributed by atoms with Crippen molar-refractivity contribution in [1.29, 1.82) is 0 Å². The molecule has 5 nitrogen and oxygen atoms in total. The molecule has 0 radical (unpaired) electrons. The van der Waals surface area contributed by atoms with Crippen LogP contribution < -0.4 is 5.43 Å². The van der Waals surface area contributed by atoms with Crippen molar-refractivity contribution in [3.63, 3.8) is 0 Å². The molecule has 5 rings (SSSR count). The number of hydrazone groups is 1. The Morgan fingerprint density at radius 1 is 0.909 bits per heavy atom. The molecule has 0 fully saturated rings. The second-order valence-electron chi connectivity index (χ2n) is 8.44. The minimum atomic E-state index is -0.380. The fourth-order valence-electron chi connectivity index (χ4n) is 4.30. The van der Waals surface area contributed by atoms with Crippen LogP contribution in [0.4, 0.5) is 0 Å². The summed E-state index contributed by atoms with van der Waals surface area (Å²) in [5.74, 6) is -0.145. The second-order valence-corrected chi connectivity index (χ2v) is 8.44. The Balaban J connectivity index is 1.38. The van der Waals surface area contributed by atoms with Crippen molar-refractivity contribution < 1.29 is 9.21 Å². The highest BCUT2D eigenvalue weighted by Gasteiger charge is 2.14. The molecule has 1 amide bonds. The first-order valence-corrected chi connectivity index (χ1v) is 10.9. The molecular weight excluding hydrogens is 410 g/mol. The van der Waals surface area contributed by atoms with E-state index in [9.17, 15) is 4.79 Å². The highest BCUT2D eigenvalue weighted by atomic mass is 16.3. The normalized spacial score (nSPS) is 11.6. The summed E-state index contributed by atoms with van der Waals surface area (Å²) in [5.41, 5.74) is 10.0.